The Bertz CT molecular complexity index is 1000. The zero-order valence-electron chi connectivity index (χ0n) is 17.2. The summed E-state index contributed by atoms with van der Waals surface area (Å²) in [6, 6.07) is 1.84. The van der Waals surface area contributed by atoms with Crippen LogP contribution in [0.25, 0.3) is 0 Å². The average molecular weight is 486 g/mol. The number of thiophene rings is 1. The Morgan fingerprint density at radius 2 is 2.03 bits per heavy atom. The van der Waals surface area contributed by atoms with Crippen molar-refractivity contribution in [2.24, 2.45) is 5.16 Å². The van der Waals surface area contributed by atoms with E-state index in [1.54, 1.807) is 0 Å². The van der Waals surface area contributed by atoms with Gasteiger partial charge in [-0.15, -0.1) is 11.3 Å². The number of carbonyl (C=O) groups is 2. The fourth-order valence-corrected chi connectivity index (χ4v) is 4.70. The molecule has 0 unspecified atom stereocenters. The maximum absolute atomic E-state index is 11.8. The number of rotatable bonds is 6. The molecule has 0 saturated heterocycles. The molecule has 9 nitrogen and oxygen atoms in total. The Labute approximate surface area is 193 Å². The summed E-state index contributed by atoms with van der Waals surface area (Å²) in [7, 11) is 1.42. The van der Waals surface area contributed by atoms with E-state index in [1.807, 2.05) is 17.9 Å². The molecule has 12 heteroatoms. The first-order chi connectivity index (χ1) is 14.8. The molecule has 0 aromatic carbocycles. The molecule has 0 radical (unpaired) electrons. The van der Waals surface area contributed by atoms with Gasteiger partial charge in [0.25, 0.3) is 0 Å². The molecule has 0 spiro atoms. The van der Waals surface area contributed by atoms with Crippen molar-refractivity contribution in [3.8, 4) is 5.06 Å². The Kier molecular flexibility index (Phi) is 7.69. The lowest BCUT2D eigenvalue weighted by Crippen LogP contribution is -2.36. The normalized spacial score (nSPS) is 13.6. The molecule has 3 rings (SSSR count). The number of anilines is 1. The fraction of sp³-hybridized carbons (Fsp3) is 0.421. The SMILES string of the molecule is CCCC(=O)Nc1nc(Cl)c(/C(=N\OC)N2CCc3sc(OC(C)=O)cc3C2)c(Cl)n1. The number of aromatic nitrogens is 2. The van der Waals surface area contributed by atoms with Gasteiger partial charge in [-0.3, -0.25) is 14.9 Å². The van der Waals surface area contributed by atoms with E-state index in [1.165, 1.54) is 25.4 Å². The van der Waals surface area contributed by atoms with Gasteiger partial charge in [-0.05, 0) is 24.5 Å². The lowest BCUT2D eigenvalue weighted by Gasteiger charge is -2.29. The summed E-state index contributed by atoms with van der Waals surface area (Å²) in [4.78, 5) is 39.5. The first-order valence-corrected chi connectivity index (χ1v) is 11.1. The van der Waals surface area contributed by atoms with Gasteiger partial charge >= 0.3 is 5.97 Å². The predicted octanol–water partition coefficient (Wildman–Crippen LogP) is 3.88. The summed E-state index contributed by atoms with van der Waals surface area (Å²) in [6.45, 7) is 4.35. The summed E-state index contributed by atoms with van der Waals surface area (Å²) in [5.41, 5.74) is 1.31. The number of amidine groups is 1. The Hall–Kier alpha value is -2.43. The van der Waals surface area contributed by atoms with Crippen molar-refractivity contribution < 1.29 is 19.2 Å². The molecule has 2 aromatic rings. The number of fused-ring (bicyclic) bond motifs is 1. The second kappa shape index (κ2) is 10.3. The van der Waals surface area contributed by atoms with E-state index < -0.39 is 0 Å². The zero-order chi connectivity index (χ0) is 22.5. The van der Waals surface area contributed by atoms with E-state index in [4.69, 9.17) is 32.8 Å². The van der Waals surface area contributed by atoms with Crippen LogP contribution >= 0.6 is 34.5 Å². The largest absolute Gasteiger partial charge is 0.416 e. The van der Waals surface area contributed by atoms with Gasteiger partial charge in [-0.1, -0.05) is 35.3 Å². The molecule has 1 amide bonds. The number of oxime groups is 1. The molecule has 0 aliphatic carbocycles. The van der Waals surface area contributed by atoms with Crippen molar-refractivity contribution in [3.63, 3.8) is 0 Å². The standard InChI is InChI=1S/C19H21Cl2N5O4S/c1-4-5-13(28)22-19-23-16(20)15(17(21)24-19)18(25-29-3)26-7-6-12-11(9-26)8-14(31-12)30-10(2)27/h8H,4-7,9H2,1-3H3,(H,22,23,24,28)/b25-18+. The average Bonchev–Trinajstić information content (AvgIpc) is 3.07. The van der Waals surface area contributed by atoms with Crippen LogP contribution in [0.5, 0.6) is 5.06 Å². The number of carbonyl (C=O) groups excluding carboxylic acids is 2. The number of ether oxygens (including phenoxy) is 1. The van der Waals surface area contributed by atoms with Crippen molar-refractivity contribution in [3.05, 3.63) is 32.4 Å². The predicted molar refractivity (Wildman–Crippen MR) is 119 cm³/mol. The third kappa shape index (κ3) is 5.63. The minimum Gasteiger partial charge on any atom is -0.416 e. The maximum Gasteiger partial charge on any atom is 0.308 e. The van der Waals surface area contributed by atoms with Crippen molar-refractivity contribution in [1.82, 2.24) is 14.9 Å². The van der Waals surface area contributed by atoms with Crippen LogP contribution in [0.4, 0.5) is 5.95 Å². The molecule has 0 atom stereocenters. The highest BCUT2D eigenvalue weighted by atomic mass is 35.5. The smallest absolute Gasteiger partial charge is 0.308 e. The van der Waals surface area contributed by atoms with Crippen LogP contribution in [0.3, 0.4) is 0 Å². The maximum atomic E-state index is 11.8. The molecule has 0 fully saturated rings. The van der Waals surface area contributed by atoms with Gasteiger partial charge in [0, 0.05) is 31.3 Å². The monoisotopic (exact) mass is 485 g/mol. The molecule has 1 N–H and O–H groups in total. The van der Waals surface area contributed by atoms with Crippen LogP contribution in [0.15, 0.2) is 11.2 Å². The van der Waals surface area contributed by atoms with Crippen LogP contribution < -0.4 is 10.1 Å². The number of hydrogen-bond acceptors (Lipinski definition) is 8. The van der Waals surface area contributed by atoms with Crippen molar-refractivity contribution in [1.29, 1.82) is 0 Å². The van der Waals surface area contributed by atoms with Crippen LogP contribution in [-0.2, 0) is 27.4 Å². The van der Waals surface area contributed by atoms with Gasteiger partial charge in [0.2, 0.25) is 11.9 Å². The second-order valence-corrected chi connectivity index (χ2v) is 8.49. The lowest BCUT2D eigenvalue weighted by atomic mass is 10.1. The minimum absolute atomic E-state index is 0.0266. The molecule has 0 bridgehead atoms. The van der Waals surface area contributed by atoms with E-state index >= 15 is 0 Å². The molecular weight excluding hydrogens is 465 g/mol. The molecule has 31 heavy (non-hydrogen) atoms. The van der Waals surface area contributed by atoms with Crippen LogP contribution in [0.2, 0.25) is 10.3 Å². The highest BCUT2D eigenvalue weighted by molar-refractivity contribution is 7.14. The van der Waals surface area contributed by atoms with E-state index in [9.17, 15) is 9.59 Å². The fourth-order valence-electron chi connectivity index (χ4n) is 3.09. The third-order valence-corrected chi connectivity index (χ3v) is 6.00. The molecule has 1 aliphatic heterocycles. The summed E-state index contributed by atoms with van der Waals surface area (Å²) in [6.07, 6.45) is 1.74. The summed E-state index contributed by atoms with van der Waals surface area (Å²) in [5.74, 6) is -0.190. The number of esters is 1. The minimum atomic E-state index is -0.362. The van der Waals surface area contributed by atoms with Gasteiger partial charge in [0.15, 0.2) is 10.9 Å². The Morgan fingerprint density at radius 1 is 1.32 bits per heavy atom. The summed E-state index contributed by atoms with van der Waals surface area (Å²) < 4.78 is 5.20. The Balaban J connectivity index is 1.87. The van der Waals surface area contributed by atoms with Crippen LogP contribution in [0.1, 0.15) is 42.7 Å². The van der Waals surface area contributed by atoms with Gasteiger partial charge in [-0.2, -0.15) is 9.97 Å². The first kappa shape index (κ1) is 23.2. The van der Waals surface area contributed by atoms with Crippen LogP contribution in [-0.4, -0.2) is 46.2 Å². The van der Waals surface area contributed by atoms with Gasteiger partial charge in [0.05, 0.1) is 5.56 Å². The third-order valence-electron chi connectivity index (χ3n) is 4.34. The molecule has 3 heterocycles. The quantitative estimate of drug-likeness (QED) is 0.217. The number of nitrogens with one attached hydrogen (secondary N) is 1. The highest BCUT2D eigenvalue weighted by Gasteiger charge is 2.28. The number of halogens is 2. The molecule has 2 aromatic heterocycles. The van der Waals surface area contributed by atoms with Crippen molar-refractivity contribution in [2.75, 3.05) is 19.0 Å². The van der Waals surface area contributed by atoms with E-state index in [-0.39, 0.29) is 28.1 Å². The molecular formula is C19H21Cl2N5O4S. The summed E-state index contributed by atoms with van der Waals surface area (Å²) >= 11 is 14.2. The van der Waals surface area contributed by atoms with E-state index in [0.717, 1.165) is 10.4 Å². The molecule has 1 aliphatic rings. The Morgan fingerprint density at radius 3 is 2.65 bits per heavy atom. The van der Waals surface area contributed by atoms with Gasteiger partial charge < -0.3 is 14.5 Å². The van der Waals surface area contributed by atoms with E-state index in [0.29, 0.717) is 48.8 Å². The van der Waals surface area contributed by atoms with Crippen molar-refractivity contribution >= 4 is 58.2 Å². The highest BCUT2D eigenvalue weighted by Crippen LogP contribution is 2.35. The topological polar surface area (TPSA) is 106 Å². The number of nitrogens with zero attached hydrogens (tertiary/aromatic N) is 4. The zero-order valence-corrected chi connectivity index (χ0v) is 19.5. The second-order valence-electron chi connectivity index (χ2n) is 6.68. The molecule has 0 saturated carbocycles. The number of hydrogen-bond donors (Lipinski definition) is 1. The van der Waals surface area contributed by atoms with Gasteiger partial charge in [0.1, 0.15) is 17.4 Å². The van der Waals surface area contributed by atoms with Crippen LogP contribution in [0, 0.1) is 0 Å². The summed E-state index contributed by atoms with van der Waals surface area (Å²) in [5, 5.41) is 7.32. The number of amides is 1. The first-order valence-electron chi connectivity index (χ1n) is 9.51. The van der Waals surface area contributed by atoms with Gasteiger partial charge in [-0.25, -0.2) is 0 Å². The van der Waals surface area contributed by atoms with E-state index in [2.05, 4.69) is 20.4 Å². The lowest BCUT2D eigenvalue weighted by molar-refractivity contribution is -0.131. The van der Waals surface area contributed by atoms with Crippen molar-refractivity contribution in [2.45, 2.75) is 39.7 Å². The molecule has 166 valence electrons.